The van der Waals surface area contributed by atoms with Crippen LogP contribution in [-0.4, -0.2) is 59.7 Å². The molecule has 0 saturated carbocycles. The molecule has 0 amide bonds. The summed E-state index contributed by atoms with van der Waals surface area (Å²) < 4.78 is 1.34. The number of nitrogens with one attached hydrogen (secondary N) is 2. The molecule has 4 aromatic rings. The molecule has 0 atom stereocenters. The average molecular weight is 490 g/mol. The van der Waals surface area contributed by atoms with Crippen molar-refractivity contribution in [1.29, 1.82) is 0 Å². The molecule has 1 saturated heterocycles. The quantitative estimate of drug-likeness (QED) is 0.370. The summed E-state index contributed by atoms with van der Waals surface area (Å²) in [4.78, 5) is 10.3. The van der Waals surface area contributed by atoms with Crippen LogP contribution in [0, 0.1) is 6.92 Å². The minimum atomic E-state index is 0.819. The monoisotopic (exact) mass is 489 g/mol. The minimum Gasteiger partial charge on any atom is -0.346 e. The maximum atomic E-state index is 5.67. The molecule has 1 aliphatic rings. The van der Waals surface area contributed by atoms with Crippen molar-refractivity contribution >= 4 is 55.2 Å². The van der Waals surface area contributed by atoms with Crippen LogP contribution in [0.1, 0.15) is 16.0 Å². The van der Waals surface area contributed by atoms with Gasteiger partial charge in [0.15, 0.2) is 5.11 Å². The van der Waals surface area contributed by atoms with Gasteiger partial charge in [0.1, 0.15) is 0 Å². The fourth-order valence-electron chi connectivity index (χ4n) is 4.66. The summed E-state index contributed by atoms with van der Waals surface area (Å²) in [5.74, 6) is 0. The van der Waals surface area contributed by atoms with Crippen molar-refractivity contribution in [3.63, 3.8) is 0 Å². The Hall–Kier alpha value is -2.58. The number of fused-ring (bicyclic) bond motifs is 2. The Labute approximate surface area is 210 Å². The smallest absolute Gasteiger partial charge is 0.173 e. The molecule has 2 aromatic carbocycles. The van der Waals surface area contributed by atoms with Crippen LogP contribution in [0.4, 0.5) is 5.69 Å². The molecule has 0 aliphatic carbocycles. The second kappa shape index (κ2) is 10.4. The lowest BCUT2D eigenvalue weighted by atomic mass is 10.1. The Bertz CT molecular complexity index is 1310. The van der Waals surface area contributed by atoms with Gasteiger partial charge in [-0.25, -0.2) is 0 Å². The van der Waals surface area contributed by atoms with Crippen LogP contribution < -0.4 is 10.6 Å². The van der Waals surface area contributed by atoms with Gasteiger partial charge in [-0.2, -0.15) is 0 Å². The lowest BCUT2D eigenvalue weighted by Gasteiger charge is -2.30. The summed E-state index contributed by atoms with van der Waals surface area (Å²) in [5.41, 5.74) is 3.85. The number of likely N-dealkylation sites (N-methyl/N-ethyl adjacent to an activating group) is 1. The number of piperazine rings is 1. The van der Waals surface area contributed by atoms with Gasteiger partial charge in [-0.15, -0.1) is 11.3 Å². The number of hydrogen-bond acceptors (Lipinski definition) is 5. The molecule has 5 nitrogen and oxygen atoms in total. The van der Waals surface area contributed by atoms with Gasteiger partial charge in [-0.3, -0.25) is 4.98 Å². The highest BCUT2D eigenvalue weighted by Gasteiger charge is 2.15. The molecule has 0 bridgehead atoms. The predicted octanol–water partition coefficient (Wildman–Crippen LogP) is 5.03. The first-order valence-electron chi connectivity index (χ1n) is 11.9. The summed E-state index contributed by atoms with van der Waals surface area (Å²) >= 11 is 7.56. The van der Waals surface area contributed by atoms with Crippen molar-refractivity contribution in [2.45, 2.75) is 19.9 Å². The molecule has 2 aromatic heterocycles. The number of anilines is 1. The van der Waals surface area contributed by atoms with E-state index in [2.05, 4.69) is 81.9 Å². The van der Waals surface area contributed by atoms with Gasteiger partial charge >= 0.3 is 0 Å². The predicted molar refractivity (Wildman–Crippen MR) is 149 cm³/mol. The highest BCUT2D eigenvalue weighted by molar-refractivity contribution is 7.80. The highest BCUT2D eigenvalue weighted by atomic mass is 32.1. The van der Waals surface area contributed by atoms with E-state index >= 15 is 0 Å². The summed E-state index contributed by atoms with van der Waals surface area (Å²) in [6.45, 7) is 8.06. The van der Waals surface area contributed by atoms with Crippen molar-refractivity contribution in [2.24, 2.45) is 0 Å². The Morgan fingerprint density at radius 1 is 1.15 bits per heavy atom. The standard InChI is InChI=1S/C27H31N5S2/c1-19-24(8-12-31(2)18-20-3-4-21-7-9-29-17-22(21)15-20)25-16-23(5-6-26(25)34-19)30-27(33)32-13-10-28-11-14-32/h3-7,9,15-17,28H,8,10-14,18H2,1-2H3,(H,30,33). The van der Waals surface area contributed by atoms with Crippen LogP contribution in [0.2, 0.25) is 0 Å². The lowest BCUT2D eigenvalue weighted by molar-refractivity contribution is 0.331. The van der Waals surface area contributed by atoms with Gasteiger partial charge in [-0.1, -0.05) is 12.1 Å². The van der Waals surface area contributed by atoms with E-state index < -0.39 is 0 Å². The van der Waals surface area contributed by atoms with Crippen molar-refractivity contribution in [2.75, 3.05) is 45.1 Å². The number of pyridine rings is 1. The Kier molecular flexibility index (Phi) is 7.06. The second-order valence-corrected chi connectivity index (χ2v) is 10.7. The van der Waals surface area contributed by atoms with Crippen molar-refractivity contribution < 1.29 is 0 Å². The molecular formula is C27H31N5S2. The number of rotatable bonds is 6. The number of aromatic nitrogens is 1. The summed E-state index contributed by atoms with van der Waals surface area (Å²) in [7, 11) is 2.20. The Morgan fingerprint density at radius 3 is 2.85 bits per heavy atom. The first-order chi connectivity index (χ1) is 16.6. The van der Waals surface area contributed by atoms with Gasteiger partial charge in [0.2, 0.25) is 0 Å². The molecule has 0 radical (unpaired) electrons. The third kappa shape index (κ3) is 5.23. The number of thiophene rings is 1. The normalized spacial score (nSPS) is 14.3. The molecule has 176 valence electrons. The molecule has 2 N–H and O–H groups in total. The summed E-state index contributed by atoms with van der Waals surface area (Å²) in [6.07, 6.45) is 4.82. The second-order valence-electron chi connectivity index (χ2n) is 9.06. The number of aryl methyl sites for hydroxylation is 1. The lowest BCUT2D eigenvalue weighted by Crippen LogP contribution is -2.47. The summed E-state index contributed by atoms with van der Waals surface area (Å²) in [6, 6.07) is 15.4. The van der Waals surface area contributed by atoms with Crippen LogP contribution in [0.15, 0.2) is 54.9 Å². The number of benzene rings is 2. The molecule has 7 heteroatoms. The number of thiocarbonyl (C=S) groups is 1. The van der Waals surface area contributed by atoms with E-state index in [0.717, 1.165) is 56.5 Å². The highest BCUT2D eigenvalue weighted by Crippen LogP contribution is 2.33. The average Bonchev–Trinajstić information content (AvgIpc) is 3.17. The maximum absolute atomic E-state index is 5.67. The fraction of sp³-hybridized carbons (Fsp3) is 0.333. The van der Waals surface area contributed by atoms with Gasteiger partial charge < -0.3 is 20.4 Å². The SMILES string of the molecule is Cc1sc2ccc(NC(=S)N3CCNCC3)cc2c1CCN(C)Cc1ccc2ccncc2c1. The van der Waals surface area contributed by atoms with Crippen molar-refractivity contribution in [3.05, 3.63) is 70.9 Å². The van der Waals surface area contributed by atoms with Gasteiger partial charge in [0.05, 0.1) is 0 Å². The molecule has 0 spiro atoms. The number of nitrogens with zero attached hydrogens (tertiary/aromatic N) is 3. The molecule has 0 unspecified atom stereocenters. The van der Waals surface area contributed by atoms with Gasteiger partial charge in [0, 0.05) is 72.3 Å². The Balaban J connectivity index is 1.26. The summed E-state index contributed by atoms with van der Waals surface area (Å²) in [5, 5.41) is 11.5. The van der Waals surface area contributed by atoms with Crippen LogP contribution in [0.5, 0.6) is 0 Å². The van der Waals surface area contributed by atoms with E-state index in [1.54, 1.807) is 0 Å². The molecule has 5 rings (SSSR count). The zero-order chi connectivity index (χ0) is 23.5. The van der Waals surface area contributed by atoms with E-state index in [1.165, 1.54) is 36.9 Å². The fourth-order valence-corrected chi connectivity index (χ4v) is 6.05. The topological polar surface area (TPSA) is 43.4 Å². The maximum Gasteiger partial charge on any atom is 0.173 e. The zero-order valence-corrected chi connectivity index (χ0v) is 21.4. The minimum absolute atomic E-state index is 0.819. The van der Waals surface area contributed by atoms with Crippen molar-refractivity contribution in [3.8, 4) is 0 Å². The largest absolute Gasteiger partial charge is 0.346 e. The van der Waals surface area contributed by atoms with Crippen LogP contribution in [-0.2, 0) is 13.0 Å². The zero-order valence-electron chi connectivity index (χ0n) is 19.8. The molecule has 34 heavy (non-hydrogen) atoms. The molecule has 1 aliphatic heterocycles. The molecule has 1 fully saturated rings. The van der Waals surface area contributed by atoms with E-state index in [4.69, 9.17) is 12.2 Å². The number of hydrogen-bond donors (Lipinski definition) is 2. The third-order valence-corrected chi connectivity index (χ3v) is 8.04. The van der Waals surface area contributed by atoms with E-state index in [1.807, 2.05) is 23.7 Å². The first kappa shape index (κ1) is 23.2. The molecule has 3 heterocycles. The van der Waals surface area contributed by atoms with Gasteiger partial charge in [0.25, 0.3) is 0 Å². The molecular weight excluding hydrogens is 458 g/mol. The van der Waals surface area contributed by atoms with E-state index in [9.17, 15) is 0 Å². The first-order valence-corrected chi connectivity index (χ1v) is 13.1. The van der Waals surface area contributed by atoms with Crippen LogP contribution >= 0.6 is 23.6 Å². The van der Waals surface area contributed by atoms with Gasteiger partial charge in [-0.05, 0) is 84.8 Å². The van der Waals surface area contributed by atoms with E-state index in [0.29, 0.717) is 0 Å². The van der Waals surface area contributed by atoms with Crippen molar-refractivity contribution in [1.82, 2.24) is 20.1 Å². The third-order valence-electron chi connectivity index (χ3n) is 6.55. The van der Waals surface area contributed by atoms with E-state index in [-0.39, 0.29) is 0 Å². The van der Waals surface area contributed by atoms with Crippen LogP contribution in [0.3, 0.4) is 0 Å². The Morgan fingerprint density at radius 2 is 2.00 bits per heavy atom. The van der Waals surface area contributed by atoms with Crippen LogP contribution in [0.25, 0.3) is 20.9 Å².